The molecular formula is C12H26NO7P. The molecule has 0 spiro atoms. The van der Waals surface area contributed by atoms with Crippen LogP contribution in [0.4, 0.5) is 0 Å². The average molecular weight is 327 g/mol. The van der Waals surface area contributed by atoms with Gasteiger partial charge in [0.15, 0.2) is 0 Å². The van der Waals surface area contributed by atoms with Gasteiger partial charge in [-0.3, -0.25) is 9.36 Å². The number of nitrogens with zero attached hydrogens (tertiary/aromatic N) is 1. The number of hydrogen-bond acceptors (Lipinski definition) is 7. The Balaban J connectivity index is 4.14. The normalized spacial score (nSPS) is 16.3. The molecule has 0 aliphatic carbocycles. The summed E-state index contributed by atoms with van der Waals surface area (Å²) in [6.07, 6.45) is -0.217. The summed E-state index contributed by atoms with van der Waals surface area (Å²) in [7, 11) is 1.23. The quantitative estimate of drug-likeness (QED) is 0.321. The fraction of sp³-hybridized carbons (Fsp3) is 0.917. The molecule has 0 saturated carbocycles. The molecule has 1 unspecified atom stereocenters. The van der Waals surface area contributed by atoms with Crippen LogP contribution in [0.5, 0.6) is 0 Å². The fourth-order valence-electron chi connectivity index (χ4n) is 1.21. The molecule has 126 valence electrons. The summed E-state index contributed by atoms with van der Waals surface area (Å²) in [5, 5.41) is 9.03. The Hall–Kier alpha value is -0.500. The largest absolute Gasteiger partial charge is 0.756 e. The third kappa shape index (κ3) is 11.8. The highest BCUT2D eigenvalue weighted by Crippen LogP contribution is 2.38. The first kappa shape index (κ1) is 20.5. The molecule has 0 aromatic heterocycles. The summed E-state index contributed by atoms with van der Waals surface area (Å²) < 4.78 is 26.2. The Morgan fingerprint density at radius 1 is 1.33 bits per heavy atom. The van der Waals surface area contributed by atoms with E-state index in [4.69, 9.17) is 14.4 Å². The van der Waals surface area contributed by atoms with Gasteiger partial charge in [0.05, 0.1) is 34.4 Å². The van der Waals surface area contributed by atoms with Crippen LogP contribution >= 0.6 is 7.82 Å². The highest BCUT2D eigenvalue weighted by Gasteiger charge is 2.18. The van der Waals surface area contributed by atoms with Crippen molar-refractivity contribution in [3.8, 4) is 0 Å². The Kier molecular flexibility index (Phi) is 9.28. The van der Waals surface area contributed by atoms with Gasteiger partial charge in [0.2, 0.25) is 0 Å². The number of ether oxygens (including phenoxy) is 1. The number of phosphoric acid groups is 1. The molecule has 0 aromatic carbocycles. The van der Waals surface area contributed by atoms with E-state index in [0.29, 0.717) is 17.4 Å². The SMILES string of the molecule is CCCC(=O)O[C@@H](CO)COP(=O)([O-])OCC[N+](C)(C)C. The molecule has 0 heterocycles. The number of hydrogen-bond donors (Lipinski definition) is 1. The third-order valence-electron chi connectivity index (χ3n) is 2.39. The minimum absolute atomic E-state index is 0.0102. The second kappa shape index (κ2) is 9.50. The number of esters is 1. The predicted molar refractivity (Wildman–Crippen MR) is 74.3 cm³/mol. The molecule has 0 aliphatic heterocycles. The lowest BCUT2D eigenvalue weighted by atomic mass is 10.3. The molecule has 0 aromatic rings. The molecule has 0 radical (unpaired) electrons. The molecule has 21 heavy (non-hydrogen) atoms. The predicted octanol–water partition coefficient (Wildman–Crippen LogP) is -0.102. The smallest absolute Gasteiger partial charge is 0.306 e. The molecule has 8 nitrogen and oxygen atoms in total. The second-order valence-electron chi connectivity index (χ2n) is 5.63. The van der Waals surface area contributed by atoms with Gasteiger partial charge in [0.1, 0.15) is 19.3 Å². The van der Waals surface area contributed by atoms with E-state index < -0.39 is 33.1 Å². The molecule has 1 N–H and O–H groups in total. The van der Waals surface area contributed by atoms with Gasteiger partial charge in [-0.25, -0.2) is 0 Å². The summed E-state index contributed by atoms with van der Waals surface area (Å²) in [5.41, 5.74) is 0. The topological polar surface area (TPSA) is 105 Å². The Morgan fingerprint density at radius 3 is 2.43 bits per heavy atom. The zero-order valence-electron chi connectivity index (χ0n) is 13.1. The number of likely N-dealkylation sites (N-methyl/N-ethyl adjacent to an activating group) is 1. The number of phosphoric ester groups is 1. The van der Waals surface area contributed by atoms with E-state index in [2.05, 4.69) is 4.52 Å². The lowest BCUT2D eigenvalue weighted by Gasteiger charge is -2.28. The van der Waals surface area contributed by atoms with Gasteiger partial charge in [-0.2, -0.15) is 0 Å². The van der Waals surface area contributed by atoms with Crippen molar-refractivity contribution in [2.24, 2.45) is 0 Å². The Labute approximate surface area is 125 Å². The van der Waals surface area contributed by atoms with E-state index >= 15 is 0 Å². The van der Waals surface area contributed by atoms with Crippen LogP contribution in [0, 0.1) is 0 Å². The summed E-state index contributed by atoms with van der Waals surface area (Å²) in [6.45, 7) is 1.30. The van der Waals surface area contributed by atoms with Crippen molar-refractivity contribution in [2.75, 3.05) is 47.5 Å². The standard InChI is InChI=1S/C12H26NO7P/c1-5-6-12(15)20-11(9-14)10-19-21(16,17)18-8-7-13(2,3)4/h11,14H,5-10H2,1-4H3/t11-/m0/s1. The highest BCUT2D eigenvalue weighted by molar-refractivity contribution is 7.45. The summed E-state index contributed by atoms with van der Waals surface area (Å²) >= 11 is 0. The zero-order chi connectivity index (χ0) is 16.5. The lowest BCUT2D eigenvalue weighted by Crippen LogP contribution is -2.37. The van der Waals surface area contributed by atoms with Crippen molar-refractivity contribution in [1.29, 1.82) is 0 Å². The van der Waals surface area contributed by atoms with Gasteiger partial charge in [0, 0.05) is 6.42 Å². The van der Waals surface area contributed by atoms with E-state index in [1.807, 2.05) is 21.1 Å². The van der Waals surface area contributed by atoms with Gasteiger partial charge in [-0.1, -0.05) is 6.92 Å². The van der Waals surface area contributed by atoms with Crippen LogP contribution in [0.2, 0.25) is 0 Å². The van der Waals surface area contributed by atoms with Crippen LogP contribution in [-0.4, -0.2) is 69.2 Å². The first-order valence-corrected chi connectivity index (χ1v) is 8.26. The van der Waals surface area contributed by atoms with Gasteiger partial charge >= 0.3 is 5.97 Å². The lowest BCUT2D eigenvalue weighted by molar-refractivity contribution is -0.870. The average Bonchev–Trinajstić information content (AvgIpc) is 2.32. The molecule has 0 saturated heterocycles. The van der Waals surface area contributed by atoms with E-state index in [0.717, 1.165) is 0 Å². The zero-order valence-corrected chi connectivity index (χ0v) is 14.0. The van der Waals surface area contributed by atoms with E-state index in [-0.39, 0.29) is 13.0 Å². The van der Waals surface area contributed by atoms with Crippen molar-refractivity contribution in [1.82, 2.24) is 0 Å². The summed E-state index contributed by atoms with van der Waals surface area (Å²) in [5.74, 6) is -0.508. The molecule has 0 bridgehead atoms. The fourth-order valence-corrected chi connectivity index (χ4v) is 1.94. The molecule has 0 amide bonds. The maximum absolute atomic E-state index is 11.5. The molecule has 0 rings (SSSR count). The molecule has 0 aliphatic rings. The molecule has 2 atom stereocenters. The first-order chi connectivity index (χ1) is 9.59. The van der Waals surface area contributed by atoms with E-state index in [9.17, 15) is 14.3 Å². The number of rotatable bonds is 11. The van der Waals surface area contributed by atoms with Crippen LogP contribution in [0.3, 0.4) is 0 Å². The van der Waals surface area contributed by atoms with E-state index in [1.165, 1.54) is 0 Å². The third-order valence-corrected chi connectivity index (χ3v) is 3.35. The van der Waals surface area contributed by atoms with Crippen molar-refractivity contribution in [3.63, 3.8) is 0 Å². The monoisotopic (exact) mass is 327 g/mol. The number of aliphatic hydroxyl groups excluding tert-OH is 1. The van der Waals surface area contributed by atoms with Crippen LogP contribution in [0.25, 0.3) is 0 Å². The van der Waals surface area contributed by atoms with Gasteiger partial charge in [-0.15, -0.1) is 0 Å². The van der Waals surface area contributed by atoms with Crippen molar-refractivity contribution >= 4 is 13.8 Å². The number of carbonyl (C=O) groups is 1. The molecule has 9 heteroatoms. The first-order valence-electron chi connectivity index (χ1n) is 6.80. The Morgan fingerprint density at radius 2 is 1.95 bits per heavy atom. The maximum Gasteiger partial charge on any atom is 0.306 e. The number of quaternary nitrogens is 1. The van der Waals surface area contributed by atoms with Crippen molar-refractivity contribution in [2.45, 2.75) is 25.9 Å². The number of carbonyl (C=O) groups excluding carboxylic acids is 1. The maximum atomic E-state index is 11.5. The van der Waals surface area contributed by atoms with Crippen molar-refractivity contribution < 1.29 is 37.6 Å². The van der Waals surface area contributed by atoms with Crippen LogP contribution in [-0.2, 0) is 23.1 Å². The van der Waals surface area contributed by atoms with Gasteiger partial charge in [-0.05, 0) is 6.42 Å². The summed E-state index contributed by atoms with van der Waals surface area (Å²) in [4.78, 5) is 22.8. The summed E-state index contributed by atoms with van der Waals surface area (Å²) in [6, 6.07) is 0. The van der Waals surface area contributed by atoms with Crippen LogP contribution < -0.4 is 4.89 Å². The minimum atomic E-state index is -4.47. The van der Waals surface area contributed by atoms with Crippen LogP contribution in [0.1, 0.15) is 19.8 Å². The molecule has 0 fully saturated rings. The highest BCUT2D eigenvalue weighted by atomic mass is 31.2. The Bertz CT molecular complexity index is 356. The minimum Gasteiger partial charge on any atom is -0.756 e. The second-order valence-corrected chi connectivity index (χ2v) is 7.05. The van der Waals surface area contributed by atoms with Crippen molar-refractivity contribution in [3.05, 3.63) is 0 Å². The van der Waals surface area contributed by atoms with Gasteiger partial charge < -0.3 is 28.3 Å². The van der Waals surface area contributed by atoms with E-state index in [1.54, 1.807) is 6.92 Å². The van der Waals surface area contributed by atoms with Gasteiger partial charge in [0.25, 0.3) is 7.82 Å². The molecular weight excluding hydrogens is 301 g/mol. The van der Waals surface area contributed by atoms with Crippen LogP contribution in [0.15, 0.2) is 0 Å². The number of aliphatic hydroxyl groups is 1.